The number of likely N-dealkylation sites (N-methyl/N-ethyl adjacent to an activating group) is 1. The van der Waals surface area contributed by atoms with Crippen molar-refractivity contribution in [1.82, 2.24) is 20.2 Å². The molecule has 1 fully saturated rings. The highest BCUT2D eigenvalue weighted by molar-refractivity contribution is 5.94. The quantitative estimate of drug-likeness (QED) is 0.102. The van der Waals surface area contributed by atoms with Crippen molar-refractivity contribution in [3.05, 3.63) is 84.4 Å². The van der Waals surface area contributed by atoms with Gasteiger partial charge in [-0.1, -0.05) is 55.0 Å². The Morgan fingerprint density at radius 1 is 0.840 bits per heavy atom. The van der Waals surface area contributed by atoms with Crippen LogP contribution >= 0.6 is 0 Å². The van der Waals surface area contributed by atoms with Crippen molar-refractivity contribution in [3.63, 3.8) is 0 Å². The van der Waals surface area contributed by atoms with Gasteiger partial charge in [-0.15, -0.1) is 0 Å². The number of para-hydroxylation sites is 1. The van der Waals surface area contributed by atoms with E-state index in [2.05, 4.69) is 20.9 Å². The van der Waals surface area contributed by atoms with Gasteiger partial charge in [0.2, 0.25) is 5.91 Å². The Labute approximate surface area is 297 Å². The number of carbonyl (C=O) groups excluding carboxylic acids is 3. The summed E-state index contributed by atoms with van der Waals surface area (Å²) in [6.07, 6.45) is 5.08. The Morgan fingerprint density at radius 2 is 1.56 bits per heavy atom. The molecule has 270 valence electrons. The first-order chi connectivity index (χ1) is 24.4. The number of ether oxygens (including phenoxy) is 1. The summed E-state index contributed by atoms with van der Waals surface area (Å²) in [6, 6.07) is 25.1. The molecular formula is C39H54N6O5. The van der Waals surface area contributed by atoms with E-state index in [1.54, 1.807) is 0 Å². The lowest BCUT2D eigenvalue weighted by atomic mass is 10.0. The van der Waals surface area contributed by atoms with Gasteiger partial charge in [-0.25, -0.2) is 9.86 Å². The summed E-state index contributed by atoms with van der Waals surface area (Å²) in [4.78, 5) is 47.5. The predicted octanol–water partition coefficient (Wildman–Crippen LogP) is 6.11. The maximum atomic E-state index is 12.7. The van der Waals surface area contributed by atoms with Crippen molar-refractivity contribution in [2.45, 2.75) is 51.0 Å². The van der Waals surface area contributed by atoms with Crippen LogP contribution in [0.5, 0.6) is 0 Å². The van der Waals surface area contributed by atoms with Crippen LogP contribution in [0.3, 0.4) is 0 Å². The van der Waals surface area contributed by atoms with Gasteiger partial charge in [0.15, 0.2) is 0 Å². The standard InChI is InChI=1S/C39H54N6O5/c1-40-24-12-26-45(49-3)38(47)32-18-20-33(21-19-32)41-25-11-5-8-17-37(46)43(2)29-30-44-27-22-34(23-28-44)50-39(48)42-36-16-10-9-15-35(36)31-13-6-4-7-14-31/h4,6-7,9-10,13-16,18-21,34,40-41H,5,8,11-12,17,22-30H2,1-3H3,(H,42,48). The highest BCUT2D eigenvalue weighted by Crippen LogP contribution is 2.28. The third-order valence-corrected chi connectivity index (χ3v) is 9.00. The Hall–Kier alpha value is -4.45. The molecule has 50 heavy (non-hydrogen) atoms. The number of piperidine rings is 1. The summed E-state index contributed by atoms with van der Waals surface area (Å²) in [5.41, 5.74) is 4.27. The first kappa shape index (κ1) is 38.4. The van der Waals surface area contributed by atoms with Gasteiger partial charge in [-0.3, -0.25) is 19.7 Å². The summed E-state index contributed by atoms with van der Waals surface area (Å²) in [6.45, 7) is 5.28. The van der Waals surface area contributed by atoms with Crippen LogP contribution in [0.1, 0.15) is 55.3 Å². The fourth-order valence-corrected chi connectivity index (χ4v) is 5.97. The molecule has 0 bridgehead atoms. The third-order valence-electron chi connectivity index (χ3n) is 9.00. The molecule has 3 aromatic carbocycles. The summed E-state index contributed by atoms with van der Waals surface area (Å²) in [7, 11) is 5.27. The van der Waals surface area contributed by atoms with E-state index in [0.717, 1.165) is 93.8 Å². The zero-order valence-electron chi connectivity index (χ0n) is 29.9. The Morgan fingerprint density at radius 3 is 2.28 bits per heavy atom. The van der Waals surface area contributed by atoms with Gasteiger partial charge in [0, 0.05) is 63.0 Å². The number of nitrogens with zero attached hydrogens (tertiary/aromatic N) is 3. The average molecular weight is 687 g/mol. The number of hydrogen-bond donors (Lipinski definition) is 3. The minimum Gasteiger partial charge on any atom is -0.446 e. The van der Waals surface area contributed by atoms with E-state index in [-0.39, 0.29) is 17.9 Å². The molecule has 3 amide bonds. The van der Waals surface area contributed by atoms with Crippen LogP contribution in [0.2, 0.25) is 0 Å². The van der Waals surface area contributed by atoms with Crippen LogP contribution in [0.15, 0.2) is 78.9 Å². The normalized spacial score (nSPS) is 13.4. The summed E-state index contributed by atoms with van der Waals surface area (Å²) < 4.78 is 5.77. The first-order valence-corrected chi connectivity index (χ1v) is 17.8. The zero-order chi connectivity index (χ0) is 35.6. The lowest BCUT2D eigenvalue weighted by Gasteiger charge is -2.32. The monoisotopic (exact) mass is 686 g/mol. The fourth-order valence-electron chi connectivity index (χ4n) is 5.97. The molecule has 0 aromatic heterocycles. The molecule has 1 aliphatic rings. The number of benzene rings is 3. The molecule has 3 aromatic rings. The van der Waals surface area contributed by atoms with Crippen molar-refractivity contribution in [3.8, 4) is 11.1 Å². The second kappa shape index (κ2) is 20.9. The van der Waals surface area contributed by atoms with Gasteiger partial charge in [0.25, 0.3) is 5.91 Å². The topological polar surface area (TPSA) is 115 Å². The van der Waals surface area contributed by atoms with Crippen molar-refractivity contribution in [2.75, 3.05) is 77.7 Å². The van der Waals surface area contributed by atoms with Crippen LogP contribution in [0, 0.1) is 0 Å². The number of unbranched alkanes of at least 4 members (excludes halogenated alkanes) is 2. The molecular weight excluding hydrogens is 632 g/mol. The molecule has 1 aliphatic heterocycles. The number of hydrogen-bond acceptors (Lipinski definition) is 8. The maximum absolute atomic E-state index is 12.7. The summed E-state index contributed by atoms with van der Waals surface area (Å²) >= 11 is 0. The highest BCUT2D eigenvalue weighted by atomic mass is 16.7. The van der Waals surface area contributed by atoms with Crippen LogP contribution in [-0.2, 0) is 14.4 Å². The molecule has 0 aliphatic carbocycles. The van der Waals surface area contributed by atoms with Crippen molar-refractivity contribution in [1.29, 1.82) is 0 Å². The largest absolute Gasteiger partial charge is 0.446 e. The van der Waals surface area contributed by atoms with Crippen LogP contribution in [0.25, 0.3) is 11.1 Å². The molecule has 11 heteroatoms. The average Bonchev–Trinajstić information content (AvgIpc) is 3.15. The van der Waals surface area contributed by atoms with Crippen LogP contribution < -0.4 is 16.0 Å². The predicted molar refractivity (Wildman–Crippen MR) is 199 cm³/mol. The molecule has 3 N–H and O–H groups in total. The second-order valence-corrected chi connectivity index (χ2v) is 12.7. The molecule has 1 heterocycles. The summed E-state index contributed by atoms with van der Waals surface area (Å²) in [5, 5.41) is 10.8. The van der Waals surface area contributed by atoms with Gasteiger partial charge in [-0.2, -0.15) is 0 Å². The Balaban J connectivity index is 1.05. The summed E-state index contributed by atoms with van der Waals surface area (Å²) in [5.74, 6) is 0.0163. The fraction of sp³-hybridized carbons (Fsp3) is 0.462. The van der Waals surface area contributed by atoms with Gasteiger partial charge in [0.1, 0.15) is 6.10 Å². The van der Waals surface area contributed by atoms with E-state index in [4.69, 9.17) is 9.57 Å². The van der Waals surface area contributed by atoms with E-state index in [9.17, 15) is 14.4 Å². The van der Waals surface area contributed by atoms with Crippen LogP contribution in [0.4, 0.5) is 16.2 Å². The molecule has 0 saturated carbocycles. The van der Waals surface area contributed by atoms with Gasteiger partial charge in [0.05, 0.1) is 19.3 Å². The molecule has 0 unspecified atom stereocenters. The van der Waals surface area contributed by atoms with Gasteiger partial charge >= 0.3 is 6.09 Å². The molecule has 1 saturated heterocycles. The number of carbonyl (C=O) groups is 3. The third kappa shape index (κ3) is 12.5. The molecule has 4 rings (SSSR count). The van der Waals surface area contributed by atoms with Crippen molar-refractivity contribution >= 4 is 29.3 Å². The minimum atomic E-state index is -0.430. The lowest BCUT2D eigenvalue weighted by molar-refractivity contribution is -0.130. The minimum absolute atomic E-state index is 0.127. The van der Waals surface area contributed by atoms with Crippen molar-refractivity contribution in [2.24, 2.45) is 0 Å². The van der Waals surface area contributed by atoms with E-state index < -0.39 is 6.09 Å². The maximum Gasteiger partial charge on any atom is 0.411 e. The van der Waals surface area contributed by atoms with E-state index in [0.29, 0.717) is 25.1 Å². The molecule has 11 nitrogen and oxygen atoms in total. The highest BCUT2D eigenvalue weighted by Gasteiger charge is 2.23. The SMILES string of the molecule is CNCCCN(OC)C(=O)c1ccc(NCCCCCC(=O)N(C)CCN2CCC(OC(=O)Nc3ccccc3-c3ccccc3)CC2)cc1. The molecule has 0 spiro atoms. The van der Waals surface area contributed by atoms with E-state index in [1.807, 2.05) is 97.9 Å². The first-order valence-electron chi connectivity index (χ1n) is 17.8. The number of anilines is 2. The Kier molecular flexibility index (Phi) is 16.0. The molecule has 0 atom stereocenters. The number of hydroxylamine groups is 2. The van der Waals surface area contributed by atoms with E-state index in [1.165, 1.54) is 12.2 Å². The molecule has 0 radical (unpaired) electrons. The lowest BCUT2D eigenvalue weighted by Crippen LogP contribution is -2.42. The van der Waals surface area contributed by atoms with Gasteiger partial charge < -0.3 is 25.2 Å². The van der Waals surface area contributed by atoms with Crippen LogP contribution in [-0.4, -0.2) is 106 Å². The van der Waals surface area contributed by atoms with Crippen molar-refractivity contribution < 1.29 is 24.0 Å². The number of rotatable bonds is 19. The Bertz CT molecular complexity index is 1460. The zero-order valence-corrected chi connectivity index (χ0v) is 29.9. The smallest absolute Gasteiger partial charge is 0.411 e. The second-order valence-electron chi connectivity index (χ2n) is 12.7. The number of amides is 3. The van der Waals surface area contributed by atoms with E-state index >= 15 is 0 Å². The van der Waals surface area contributed by atoms with Gasteiger partial charge in [-0.05, 0) is 81.6 Å². The number of likely N-dealkylation sites (tertiary alicyclic amines) is 1. The number of nitrogens with one attached hydrogen (secondary N) is 3.